The highest BCUT2D eigenvalue weighted by Crippen LogP contribution is 2.13. The van der Waals surface area contributed by atoms with Gasteiger partial charge in [0.15, 0.2) is 0 Å². The Morgan fingerprint density at radius 1 is 1.30 bits per heavy atom. The van der Waals surface area contributed by atoms with E-state index in [1.54, 1.807) is 4.68 Å². The fourth-order valence-corrected chi connectivity index (χ4v) is 2.14. The molecule has 0 amide bonds. The van der Waals surface area contributed by atoms with E-state index < -0.39 is 0 Å². The molecule has 2 rings (SSSR count). The van der Waals surface area contributed by atoms with Crippen LogP contribution in [0.4, 0.5) is 4.39 Å². The van der Waals surface area contributed by atoms with Crippen LogP contribution >= 0.6 is 0 Å². The smallest absolute Gasteiger partial charge is 0.147 e. The van der Waals surface area contributed by atoms with E-state index >= 15 is 0 Å². The highest BCUT2D eigenvalue weighted by molar-refractivity contribution is 5.25. The largest absolute Gasteiger partial charge is 0.313 e. The predicted octanol–water partition coefficient (Wildman–Crippen LogP) is 2.58. The molecule has 2 aromatic rings. The van der Waals surface area contributed by atoms with Crippen LogP contribution in [0.15, 0.2) is 18.2 Å². The first-order valence-corrected chi connectivity index (χ1v) is 6.96. The number of hydrogen-bond donors (Lipinski definition) is 1. The number of nitrogens with one attached hydrogen (secondary N) is 1. The van der Waals surface area contributed by atoms with E-state index in [1.165, 1.54) is 6.07 Å². The summed E-state index contributed by atoms with van der Waals surface area (Å²) in [6, 6.07) is 5.24. The molecule has 1 aromatic carbocycles. The van der Waals surface area contributed by atoms with Crippen LogP contribution in [-0.2, 0) is 13.1 Å². The van der Waals surface area contributed by atoms with Crippen molar-refractivity contribution in [2.45, 2.75) is 40.3 Å². The first kappa shape index (κ1) is 14.7. The van der Waals surface area contributed by atoms with Crippen LogP contribution in [0.5, 0.6) is 0 Å². The maximum Gasteiger partial charge on any atom is 0.147 e. The van der Waals surface area contributed by atoms with Gasteiger partial charge < -0.3 is 5.32 Å². The molecule has 0 aliphatic heterocycles. The first-order chi connectivity index (χ1) is 9.60. The molecule has 1 aromatic heterocycles. The number of aromatic nitrogens is 3. The van der Waals surface area contributed by atoms with Crippen LogP contribution in [0.3, 0.4) is 0 Å². The third-order valence-corrected chi connectivity index (χ3v) is 3.15. The summed E-state index contributed by atoms with van der Waals surface area (Å²) in [5, 5.41) is 7.60. The van der Waals surface area contributed by atoms with E-state index in [0.717, 1.165) is 30.9 Å². The van der Waals surface area contributed by atoms with Crippen molar-refractivity contribution in [2.75, 3.05) is 6.54 Å². The number of rotatable bonds is 6. The lowest BCUT2D eigenvalue weighted by molar-refractivity contribution is 0.575. The molecule has 0 aliphatic carbocycles. The quantitative estimate of drug-likeness (QED) is 0.825. The first-order valence-electron chi connectivity index (χ1n) is 6.96. The van der Waals surface area contributed by atoms with Crippen LogP contribution in [0.25, 0.3) is 0 Å². The normalized spacial score (nSPS) is 11.0. The average molecular weight is 276 g/mol. The van der Waals surface area contributed by atoms with Crippen molar-refractivity contribution in [3.05, 3.63) is 46.8 Å². The Hall–Kier alpha value is -1.75. The van der Waals surface area contributed by atoms with E-state index in [9.17, 15) is 4.39 Å². The SMILES string of the molecule is CCCNCc1ccc(F)c(Cn2nc(C)nc2C)c1. The zero-order valence-corrected chi connectivity index (χ0v) is 12.3. The molecule has 108 valence electrons. The molecule has 0 atom stereocenters. The monoisotopic (exact) mass is 276 g/mol. The van der Waals surface area contributed by atoms with Crippen LogP contribution in [0.2, 0.25) is 0 Å². The van der Waals surface area contributed by atoms with Crippen LogP contribution in [0, 0.1) is 19.7 Å². The molecule has 0 aliphatic rings. The molecule has 5 heteroatoms. The van der Waals surface area contributed by atoms with E-state index in [0.29, 0.717) is 17.9 Å². The molecule has 4 nitrogen and oxygen atoms in total. The highest BCUT2D eigenvalue weighted by Gasteiger charge is 2.08. The summed E-state index contributed by atoms with van der Waals surface area (Å²) in [6.45, 7) is 7.99. The second-order valence-corrected chi connectivity index (χ2v) is 4.97. The molecule has 0 saturated heterocycles. The van der Waals surface area contributed by atoms with Gasteiger partial charge in [0.1, 0.15) is 17.5 Å². The van der Waals surface area contributed by atoms with Crippen molar-refractivity contribution in [3.63, 3.8) is 0 Å². The lowest BCUT2D eigenvalue weighted by Crippen LogP contribution is -2.14. The summed E-state index contributed by atoms with van der Waals surface area (Å²) < 4.78 is 15.6. The molecule has 0 saturated carbocycles. The number of aryl methyl sites for hydroxylation is 2. The van der Waals surface area contributed by atoms with Crippen molar-refractivity contribution >= 4 is 0 Å². The average Bonchev–Trinajstić information content (AvgIpc) is 2.72. The van der Waals surface area contributed by atoms with Crippen molar-refractivity contribution in [2.24, 2.45) is 0 Å². The van der Waals surface area contributed by atoms with Crippen LogP contribution < -0.4 is 5.32 Å². The van der Waals surface area contributed by atoms with E-state index in [-0.39, 0.29) is 5.82 Å². The van der Waals surface area contributed by atoms with E-state index in [4.69, 9.17) is 0 Å². The van der Waals surface area contributed by atoms with Crippen molar-refractivity contribution in [3.8, 4) is 0 Å². The van der Waals surface area contributed by atoms with Crippen LogP contribution in [0.1, 0.15) is 36.1 Å². The predicted molar refractivity (Wildman–Crippen MR) is 77.0 cm³/mol. The molecule has 20 heavy (non-hydrogen) atoms. The molecular formula is C15H21FN4. The van der Waals surface area contributed by atoms with Gasteiger partial charge in [0, 0.05) is 12.1 Å². The summed E-state index contributed by atoms with van der Waals surface area (Å²) >= 11 is 0. The molecule has 0 unspecified atom stereocenters. The third kappa shape index (κ3) is 3.63. The molecule has 1 heterocycles. The van der Waals surface area contributed by atoms with Gasteiger partial charge in [-0.1, -0.05) is 13.0 Å². The molecular weight excluding hydrogens is 255 g/mol. The summed E-state index contributed by atoms with van der Waals surface area (Å²) in [5.74, 6) is 1.32. The van der Waals surface area contributed by atoms with E-state index in [1.807, 2.05) is 26.0 Å². The fourth-order valence-electron chi connectivity index (χ4n) is 2.14. The second-order valence-electron chi connectivity index (χ2n) is 4.97. The summed E-state index contributed by atoms with van der Waals surface area (Å²) in [4.78, 5) is 4.24. The van der Waals surface area contributed by atoms with Gasteiger partial charge in [0.2, 0.25) is 0 Å². The molecule has 0 spiro atoms. The molecule has 0 bridgehead atoms. The number of benzene rings is 1. The second kappa shape index (κ2) is 6.61. The third-order valence-electron chi connectivity index (χ3n) is 3.15. The zero-order valence-electron chi connectivity index (χ0n) is 12.3. The minimum absolute atomic E-state index is 0.197. The zero-order chi connectivity index (χ0) is 14.5. The molecule has 0 fully saturated rings. The molecule has 1 N–H and O–H groups in total. The standard InChI is InChI=1S/C15H21FN4/c1-4-7-17-9-13-5-6-15(16)14(8-13)10-20-12(3)18-11(2)19-20/h5-6,8,17H,4,7,9-10H2,1-3H3. The highest BCUT2D eigenvalue weighted by atomic mass is 19.1. The topological polar surface area (TPSA) is 42.7 Å². The molecule has 0 radical (unpaired) electrons. The van der Waals surface area contributed by atoms with Gasteiger partial charge >= 0.3 is 0 Å². The maximum atomic E-state index is 13.9. The Balaban J connectivity index is 2.14. The Morgan fingerprint density at radius 3 is 2.75 bits per heavy atom. The van der Waals surface area contributed by atoms with Gasteiger partial charge in [-0.25, -0.2) is 14.1 Å². The Bertz CT molecular complexity index is 577. The Kier molecular flexibility index (Phi) is 4.84. The number of halogens is 1. The lowest BCUT2D eigenvalue weighted by atomic mass is 10.1. The van der Waals surface area contributed by atoms with E-state index in [2.05, 4.69) is 22.3 Å². The summed E-state index contributed by atoms with van der Waals surface area (Å²) in [5.41, 5.74) is 1.73. The van der Waals surface area contributed by atoms with Gasteiger partial charge in [0.05, 0.1) is 6.54 Å². The summed E-state index contributed by atoms with van der Waals surface area (Å²) in [6.07, 6.45) is 1.09. The Labute approximate surface area is 119 Å². The van der Waals surface area contributed by atoms with Gasteiger partial charge in [-0.15, -0.1) is 0 Å². The number of nitrogens with zero attached hydrogens (tertiary/aromatic N) is 3. The van der Waals surface area contributed by atoms with Crippen molar-refractivity contribution in [1.82, 2.24) is 20.1 Å². The van der Waals surface area contributed by atoms with Gasteiger partial charge in [-0.2, -0.15) is 5.10 Å². The Morgan fingerprint density at radius 2 is 2.10 bits per heavy atom. The van der Waals surface area contributed by atoms with Crippen LogP contribution in [-0.4, -0.2) is 21.3 Å². The van der Waals surface area contributed by atoms with Gasteiger partial charge in [-0.05, 0) is 44.5 Å². The van der Waals surface area contributed by atoms with Gasteiger partial charge in [0.25, 0.3) is 0 Å². The minimum Gasteiger partial charge on any atom is -0.313 e. The van der Waals surface area contributed by atoms with Crippen molar-refractivity contribution in [1.29, 1.82) is 0 Å². The lowest BCUT2D eigenvalue weighted by Gasteiger charge is -2.09. The maximum absolute atomic E-state index is 13.9. The van der Waals surface area contributed by atoms with Crippen molar-refractivity contribution < 1.29 is 4.39 Å². The number of hydrogen-bond acceptors (Lipinski definition) is 3. The minimum atomic E-state index is -0.197. The summed E-state index contributed by atoms with van der Waals surface area (Å²) in [7, 11) is 0. The van der Waals surface area contributed by atoms with Gasteiger partial charge in [-0.3, -0.25) is 0 Å². The fraction of sp³-hybridized carbons (Fsp3) is 0.467.